The summed E-state index contributed by atoms with van der Waals surface area (Å²) in [6.07, 6.45) is 0. The van der Waals surface area contributed by atoms with E-state index in [1.54, 1.807) is 0 Å². The fourth-order valence-corrected chi connectivity index (χ4v) is 1.96. The Morgan fingerprint density at radius 1 is 1.27 bits per heavy atom. The van der Waals surface area contributed by atoms with E-state index in [0.717, 1.165) is 21.2 Å². The molecule has 1 aromatic carbocycles. The predicted octanol–water partition coefficient (Wildman–Crippen LogP) is 3.30. The number of anilines is 1. The van der Waals surface area contributed by atoms with Gasteiger partial charge in [-0.1, -0.05) is 23.4 Å². The third-order valence-corrected chi connectivity index (χ3v) is 3.13. The molecule has 0 saturated heterocycles. The Labute approximate surface area is 96.4 Å². The molecule has 0 bridgehead atoms. The van der Waals surface area contributed by atoms with Gasteiger partial charge >= 0.3 is 0 Å². The molecule has 0 atom stereocenters. The second kappa shape index (κ2) is 3.70. The second-order valence-corrected chi connectivity index (χ2v) is 4.27. The molecule has 4 heteroatoms. The van der Waals surface area contributed by atoms with E-state index in [4.69, 9.17) is 10.3 Å². The standard InChI is InChI=1S/C11H11BrN2O/c1-6-4-3-5-7(2)8(6)10-9(12)11(13)14-15-10/h3-5H,1-2H3,(H2,13,14). The van der Waals surface area contributed by atoms with Crippen molar-refractivity contribution >= 4 is 21.7 Å². The lowest BCUT2D eigenvalue weighted by atomic mass is 10.0. The third-order valence-electron chi connectivity index (χ3n) is 2.37. The number of aryl methyl sites for hydroxylation is 2. The summed E-state index contributed by atoms with van der Waals surface area (Å²) in [5.41, 5.74) is 8.97. The maximum absolute atomic E-state index is 5.63. The minimum absolute atomic E-state index is 0.382. The fraction of sp³-hybridized carbons (Fsp3) is 0.182. The van der Waals surface area contributed by atoms with Gasteiger partial charge < -0.3 is 10.3 Å². The number of nitrogens with two attached hydrogens (primary N) is 1. The number of nitrogen functional groups attached to an aromatic ring is 1. The molecule has 0 radical (unpaired) electrons. The van der Waals surface area contributed by atoms with Crippen LogP contribution in [0, 0.1) is 13.8 Å². The van der Waals surface area contributed by atoms with Crippen LogP contribution in [0.1, 0.15) is 11.1 Å². The van der Waals surface area contributed by atoms with Crippen LogP contribution in [0.15, 0.2) is 27.2 Å². The van der Waals surface area contributed by atoms with Crippen molar-refractivity contribution in [3.63, 3.8) is 0 Å². The van der Waals surface area contributed by atoms with Gasteiger partial charge in [0, 0.05) is 5.56 Å². The van der Waals surface area contributed by atoms with Gasteiger partial charge in [-0.25, -0.2) is 0 Å². The lowest BCUT2D eigenvalue weighted by molar-refractivity contribution is 0.435. The largest absolute Gasteiger partial charge is 0.380 e. The van der Waals surface area contributed by atoms with Crippen molar-refractivity contribution in [2.45, 2.75) is 13.8 Å². The quantitative estimate of drug-likeness (QED) is 0.862. The number of hydrogen-bond acceptors (Lipinski definition) is 3. The lowest BCUT2D eigenvalue weighted by Gasteiger charge is -2.05. The minimum atomic E-state index is 0.382. The topological polar surface area (TPSA) is 52.0 Å². The van der Waals surface area contributed by atoms with E-state index in [9.17, 15) is 0 Å². The van der Waals surface area contributed by atoms with Crippen molar-refractivity contribution in [2.75, 3.05) is 5.73 Å². The van der Waals surface area contributed by atoms with Crippen molar-refractivity contribution in [3.8, 4) is 11.3 Å². The van der Waals surface area contributed by atoms with Gasteiger partial charge in [0.05, 0.1) is 0 Å². The molecule has 0 fully saturated rings. The van der Waals surface area contributed by atoms with Crippen LogP contribution in [-0.4, -0.2) is 5.16 Å². The van der Waals surface area contributed by atoms with E-state index in [-0.39, 0.29) is 0 Å². The summed E-state index contributed by atoms with van der Waals surface area (Å²) >= 11 is 3.37. The average Bonchev–Trinajstić information content (AvgIpc) is 2.49. The summed E-state index contributed by atoms with van der Waals surface area (Å²) in [4.78, 5) is 0. The van der Waals surface area contributed by atoms with Crippen molar-refractivity contribution in [2.24, 2.45) is 0 Å². The number of hydrogen-bond donors (Lipinski definition) is 1. The Hall–Kier alpha value is -1.29. The van der Waals surface area contributed by atoms with Crippen LogP contribution in [0.2, 0.25) is 0 Å². The van der Waals surface area contributed by atoms with Gasteiger partial charge in [0.25, 0.3) is 0 Å². The molecule has 3 nitrogen and oxygen atoms in total. The number of halogens is 1. The van der Waals surface area contributed by atoms with Crippen molar-refractivity contribution in [3.05, 3.63) is 33.8 Å². The van der Waals surface area contributed by atoms with Crippen molar-refractivity contribution < 1.29 is 4.52 Å². The molecular weight excluding hydrogens is 256 g/mol. The lowest BCUT2D eigenvalue weighted by Crippen LogP contribution is -1.87. The molecule has 0 amide bonds. The van der Waals surface area contributed by atoms with E-state index in [2.05, 4.69) is 21.1 Å². The SMILES string of the molecule is Cc1cccc(C)c1-c1onc(N)c1Br. The number of benzene rings is 1. The Morgan fingerprint density at radius 2 is 1.87 bits per heavy atom. The highest BCUT2D eigenvalue weighted by Gasteiger charge is 2.16. The Morgan fingerprint density at radius 3 is 2.33 bits per heavy atom. The summed E-state index contributed by atoms with van der Waals surface area (Å²) in [7, 11) is 0. The maximum atomic E-state index is 5.63. The summed E-state index contributed by atoms with van der Waals surface area (Å²) < 4.78 is 5.94. The highest BCUT2D eigenvalue weighted by Crippen LogP contribution is 2.35. The third kappa shape index (κ3) is 1.65. The van der Waals surface area contributed by atoms with E-state index >= 15 is 0 Å². The molecule has 0 aliphatic rings. The number of nitrogens with zero attached hydrogens (tertiary/aromatic N) is 1. The highest BCUT2D eigenvalue weighted by molar-refractivity contribution is 9.10. The first kappa shape index (κ1) is 10.2. The van der Waals surface area contributed by atoms with Gasteiger partial charge in [-0.2, -0.15) is 0 Å². The fourth-order valence-electron chi connectivity index (χ4n) is 1.62. The molecule has 2 aromatic rings. The molecule has 2 rings (SSSR count). The molecular formula is C11H11BrN2O. The summed E-state index contributed by atoms with van der Waals surface area (Å²) in [5, 5.41) is 3.73. The molecule has 0 saturated carbocycles. The molecule has 1 aromatic heterocycles. The van der Waals surface area contributed by atoms with Gasteiger partial charge in [0.2, 0.25) is 0 Å². The van der Waals surface area contributed by atoms with E-state index in [1.165, 1.54) is 0 Å². The zero-order valence-corrected chi connectivity index (χ0v) is 10.1. The zero-order valence-electron chi connectivity index (χ0n) is 8.54. The first-order chi connectivity index (χ1) is 7.11. The van der Waals surface area contributed by atoms with Gasteiger partial charge in [-0.3, -0.25) is 0 Å². The van der Waals surface area contributed by atoms with E-state index < -0.39 is 0 Å². The van der Waals surface area contributed by atoms with E-state index in [1.807, 2.05) is 32.0 Å². The van der Waals surface area contributed by atoms with Crippen LogP contribution in [0.25, 0.3) is 11.3 Å². The zero-order chi connectivity index (χ0) is 11.0. The predicted molar refractivity (Wildman–Crippen MR) is 63.5 cm³/mol. The molecule has 2 N–H and O–H groups in total. The molecule has 0 unspecified atom stereocenters. The van der Waals surface area contributed by atoms with Crippen molar-refractivity contribution in [1.82, 2.24) is 5.16 Å². The molecule has 0 aliphatic carbocycles. The summed E-state index contributed by atoms with van der Waals surface area (Å²) in [6.45, 7) is 4.07. The first-order valence-electron chi connectivity index (χ1n) is 4.58. The molecule has 15 heavy (non-hydrogen) atoms. The van der Waals surface area contributed by atoms with Gasteiger partial charge in [-0.05, 0) is 40.9 Å². The van der Waals surface area contributed by atoms with Crippen LogP contribution < -0.4 is 5.73 Å². The molecule has 0 spiro atoms. The summed E-state index contributed by atoms with van der Waals surface area (Å²) in [5.74, 6) is 1.08. The first-order valence-corrected chi connectivity index (χ1v) is 5.37. The smallest absolute Gasteiger partial charge is 0.183 e. The van der Waals surface area contributed by atoms with Crippen LogP contribution in [0.5, 0.6) is 0 Å². The Bertz CT molecular complexity index is 485. The van der Waals surface area contributed by atoms with Gasteiger partial charge in [-0.15, -0.1) is 0 Å². The second-order valence-electron chi connectivity index (χ2n) is 3.48. The normalized spacial score (nSPS) is 10.6. The highest BCUT2D eigenvalue weighted by atomic mass is 79.9. The Balaban J connectivity index is 2.69. The Kier molecular flexibility index (Phi) is 2.52. The minimum Gasteiger partial charge on any atom is -0.380 e. The van der Waals surface area contributed by atoms with Crippen molar-refractivity contribution in [1.29, 1.82) is 0 Å². The van der Waals surface area contributed by atoms with Crippen LogP contribution >= 0.6 is 15.9 Å². The molecule has 78 valence electrons. The van der Waals surface area contributed by atoms with Crippen LogP contribution in [0.3, 0.4) is 0 Å². The number of rotatable bonds is 1. The summed E-state index contributed by atoms with van der Waals surface area (Å²) in [6, 6.07) is 6.09. The van der Waals surface area contributed by atoms with Gasteiger partial charge in [0.1, 0.15) is 4.47 Å². The average molecular weight is 267 g/mol. The van der Waals surface area contributed by atoms with Crippen LogP contribution in [0.4, 0.5) is 5.82 Å². The van der Waals surface area contributed by atoms with E-state index in [0.29, 0.717) is 11.6 Å². The van der Waals surface area contributed by atoms with Gasteiger partial charge in [0.15, 0.2) is 11.6 Å². The monoisotopic (exact) mass is 266 g/mol. The molecule has 0 aliphatic heterocycles. The maximum Gasteiger partial charge on any atom is 0.183 e. The number of aromatic nitrogens is 1. The van der Waals surface area contributed by atoms with Crippen LogP contribution in [-0.2, 0) is 0 Å². The molecule has 1 heterocycles.